The fraction of sp³-hybridized carbons (Fsp3) is 0.250. The van der Waals surface area contributed by atoms with E-state index in [-0.39, 0.29) is 23.2 Å². The molecule has 0 bridgehead atoms. The first kappa shape index (κ1) is 20.0. The summed E-state index contributed by atoms with van der Waals surface area (Å²) in [6.07, 6.45) is 0.425. The van der Waals surface area contributed by atoms with Gasteiger partial charge in [-0.2, -0.15) is 8.78 Å². The van der Waals surface area contributed by atoms with Gasteiger partial charge in [-0.15, -0.1) is 11.3 Å². The average molecular weight is 409 g/mol. The first-order valence-corrected chi connectivity index (χ1v) is 9.29. The van der Waals surface area contributed by atoms with E-state index in [1.54, 1.807) is 25.1 Å². The number of methoxy groups -OCH3 is 1. The predicted molar refractivity (Wildman–Crippen MR) is 102 cm³/mol. The molecule has 3 aromatic rings. The second-order valence-corrected chi connectivity index (χ2v) is 7.12. The van der Waals surface area contributed by atoms with Crippen molar-refractivity contribution in [3.63, 3.8) is 0 Å². The monoisotopic (exact) mass is 409 g/mol. The van der Waals surface area contributed by atoms with Crippen LogP contribution in [0.4, 0.5) is 13.2 Å². The molecule has 0 aliphatic heterocycles. The zero-order valence-electron chi connectivity index (χ0n) is 15.2. The highest BCUT2D eigenvalue weighted by Crippen LogP contribution is 2.31. The molecule has 148 valence electrons. The van der Waals surface area contributed by atoms with Crippen molar-refractivity contribution in [3.05, 3.63) is 58.2 Å². The number of rotatable bonds is 7. The smallest absolute Gasteiger partial charge is 0.387 e. The number of fused-ring (bicyclic) bond motifs is 1. The Morgan fingerprint density at radius 2 is 1.96 bits per heavy atom. The minimum Gasteiger partial charge on any atom is -0.493 e. The van der Waals surface area contributed by atoms with Gasteiger partial charge in [0.2, 0.25) is 0 Å². The van der Waals surface area contributed by atoms with E-state index in [9.17, 15) is 18.0 Å². The van der Waals surface area contributed by atoms with Crippen LogP contribution in [-0.2, 0) is 6.42 Å². The lowest BCUT2D eigenvalue weighted by molar-refractivity contribution is -0.0512. The SMILES string of the molecule is COc1ccc(CCNC(=O)c2sc3ccc(F)cc3c2C)cc1OC(F)F. The van der Waals surface area contributed by atoms with Crippen LogP contribution in [0.25, 0.3) is 10.1 Å². The second kappa shape index (κ2) is 8.52. The van der Waals surface area contributed by atoms with Crippen LogP contribution in [0.2, 0.25) is 0 Å². The molecular weight excluding hydrogens is 391 g/mol. The maximum Gasteiger partial charge on any atom is 0.387 e. The van der Waals surface area contributed by atoms with Crippen LogP contribution in [0.15, 0.2) is 36.4 Å². The summed E-state index contributed by atoms with van der Waals surface area (Å²) < 4.78 is 48.7. The highest BCUT2D eigenvalue weighted by atomic mass is 32.1. The lowest BCUT2D eigenvalue weighted by atomic mass is 10.1. The molecule has 2 aromatic carbocycles. The summed E-state index contributed by atoms with van der Waals surface area (Å²) in [5.74, 6) is -0.441. The van der Waals surface area contributed by atoms with Crippen molar-refractivity contribution in [2.24, 2.45) is 0 Å². The number of nitrogens with one attached hydrogen (secondary N) is 1. The van der Waals surface area contributed by atoms with Gasteiger partial charge in [-0.25, -0.2) is 4.39 Å². The van der Waals surface area contributed by atoms with Gasteiger partial charge in [0.1, 0.15) is 5.82 Å². The zero-order valence-corrected chi connectivity index (χ0v) is 16.0. The Balaban J connectivity index is 1.66. The lowest BCUT2D eigenvalue weighted by Gasteiger charge is -2.12. The fourth-order valence-electron chi connectivity index (χ4n) is 2.88. The molecule has 0 radical (unpaired) electrons. The quantitative estimate of drug-likeness (QED) is 0.602. The van der Waals surface area contributed by atoms with Crippen LogP contribution in [0, 0.1) is 12.7 Å². The molecule has 28 heavy (non-hydrogen) atoms. The van der Waals surface area contributed by atoms with Crippen molar-refractivity contribution < 1.29 is 27.4 Å². The molecule has 0 fully saturated rings. The third-order valence-corrected chi connectivity index (χ3v) is 5.52. The molecule has 1 aromatic heterocycles. The number of halogens is 3. The summed E-state index contributed by atoms with van der Waals surface area (Å²) in [7, 11) is 1.37. The van der Waals surface area contributed by atoms with Crippen molar-refractivity contribution >= 4 is 27.3 Å². The molecule has 8 heteroatoms. The van der Waals surface area contributed by atoms with Gasteiger partial charge in [-0.1, -0.05) is 6.07 Å². The molecule has 0 aliphatic carbocycles. The number of benzene rings is 2. The van der Waals surface area contributed by atoms with Crippen LogP contribution >= 0.6 is 11.3 Å². The van der Waals surface area contributed by atoms with E-state index in [1.165, 1.54) is 36.6 Å². The molecule has 3 rings (SSSR count). The maximum atomic E-state index is 13.4. The number of carbonyl (C=O) groups excluding carboxylic acids is 1. The van der Waals surface area contributed by atoms with Gasteiger partial charge in [0.25, 0.3) is 5.91 Å². The molecule has 1 amide bonds. The Morgan fingerprint density at radius 1 is 1.18 bits per heavy atom. The van der Waals surface area contributed by atoms with Gasteiger partial charge in [0.15, 0.2) is 11.5 Å². The van der Waals surface area contributed by atoms with Crippen LogP contribution in [0.5, 0.6) is 11.5 Å². The normalized spacial score (nSPS) is 11.1. The zero-order chi connectivity index (χ0) is 20.3. The molecule has 1 heterocycles. The summed E-state index contributed by atoms with van der Waals surface area (Å²) in [6.45, 7) is -0.865. The highest BCUT2D eigenvalue weighted by Gasteiger charge is 2.16. The third kappa shape index (κ3) is 4.39. The Bertz CT molecular complexity index is 1000. The summed E-state index contributed by atoms with van der Waals surface area (Å²) in [5, 5.41) is 3.53. The van der Waals surface area contributed by atoms with Gasteiger partial charge in [0, 0.05) is 11.2 Å². The number of alkyl halides is 2. The van der Waals surface area contributed by atoms with Crippen molar-refractivity contribution in [1.82, 2.24) is 5.32 Å². The first-order valence-electron chi connectivity index (χ1n) is 8.47. The van der Waals surface area contributed by atoms with E-state index in [0.29, 0.717) is 23.4 Å². The van der Waals surface area contributed by atoms with E-state index < -0.39 is 6.61 Å². The Kier molecular flexibility index (Phi) is 6.08. The van der Waals surface area contributed by atoms with E-state index in [1.807, 2.05) is 0 Å². The van der Waals surface area contributed by atoms with Gasteiger partial charge in [0.05, 0.1) is 12.0 Å². The molecule has 1 N–H and O–H groups in total. The van der Waals surface area contributed by atoms with Gasteiger partial charge in [-0.05, 0) is 60.2 Å². The molecule has 0 saturated carbocycles. The molecule has 0 aliphatic rings. The summed E-state index contributed by atoms with van der Waals surface area (Å²) in [6, 6.07) is 9.16. The average Bonchev–Trinajstić information content (AvgIpc) is 2.98. The van der Waals surface area contributed by atoms with Gasteiger partial charge < -0.3 is 14.8 Å². The first-order chi connectivity index (χ1) is 13.4. The van der Waals surface area contributed by atoms with E-state index >= 15 is 0 Å². The van der Waals surface area contributed by atoms with E-state index in [4.69, 9.17) is 4.74 Å². The van der Waals surface area contributed by atoms with Crippen molar-refractivity contribution in [2.45, 2.75) is 20.0 Å². The predicted octanol–water partition coefficient (Wildman–Crippen LogP) is 4.93. The highest BCUT2D eigenvalue weighted by molar-refractivity contribution is 7.21. The fourth-order valence-corrected chi connectivity index (χ4v) is 3.98. The topological polar surface area (TPSA) is 47.6 Å². The second-order valence-electron chi connectivity index (χ2n) is 6.07. The Labute approximate surface area is 163 Å². The molecule has 0 saturated heterocycles. The summed E-state index contributed by atoms with van der Waals surface area (Å²) in [5.41, 5.74) is 1.45. The molecular formula is C20H18F3NO3S. The lowest BCUT2D eigenvalue weighted by Crippen LogP contribution is -2.25. The minimum atomic E-state index is -2.95. The standard InChI is InChI=1S/C20H18F3NO3S/c1-11-14-10-13(21)4-6-17(14)28-18(11)19(25)24-8-7-12-3-5-15(26-2)16(9-12)27-20(22)23/h3-6,9-10,20H,7-8H2,1-2H3,(H,24,25). The molecule has 4 nitrogen and oxygen atoms in total. The number of aryl methyl sites for hydroxylation is 1. The summed E-state index contributed by atoms with van der Waals surface area (Å²) in [4.78, 5) is 13.0. The van der Waals surface area contributed by atoms with E-state index in [2.05, 4.69) is 10.1 Å². The molecule has 0 atom stereocenters. The van der Waals surface area contributed by atoms with Crippen LogP contribution in [0.3, 0.4) is 0 Å². The van der Waals surface area contributed by atoms with Crippen molar-refractivity contribution in [1.29, 1.82) is 0 Å². The van der Waals surface area contributed by atoms with E-state index in [0.717, 1.165) is 15.6 Å². The molecule has 0 spiro atoms. The number of carbonyl (C=O) groups is 1. The Morgan fingerprint density at radius 3 is 2.68 bits per heavy atom. The largest absolute Gasteiger partial charge is 0.493 e. The molecule has 0 unspecified atom stereocenters. The number of ether oxygens (including phenoxy) is 2. The van der Waals surface area contributed by atoms with Crippen LogP contribution in [0.1, 0.15) is 20.8 Å². The maximum absolute atomic E-state index is 13.4. The van der Waals surface area contributed by atoms with Crippen molar-refractivity contribution in [2.75, 3.05) is 13.7 Å². The third-order valence-electron chi connectivity index (χ3n) is 4.25. The van der Waals surface area contributed by atoms with Crippen LogP contribution < -0.4 is 14.8 Å². The number of thiophene rings is 1. The van der Waals surface area contributed by atoms with Gasteiger partial charge in [-0.3, -0.25) is 4.79 Å². The number of hydrogen-bond acceptors (Lipinski definition) is 4. The van der Waals surface area contributed by atoms with Gasteiger partial charge >= 0.3 is 6.61 Å². The number of hydrogen-bond donors (Lipinski definition) is 1. The van der Waals surface area contributed by atoms with Crippen molar-refractivity contribution in [3.8, 4) is 11.5 Å². The van der Waals surface area contributed by atoms with Crippen LogP contribution in [-0.4, -0.2) is 26.2 Å². The minimum absolute atomic E-state index is 0.0521. The summed E-state index contributed by atoms with van der Waals surface area (Å²) >= 11 is 1.30. The Hall–Kier alpha value is -2.74. The number of amides is 1.